The molecule has 0 aromatic carbocycles. The van der Waals surface area contributed by atoms with E-state index in [1.54, 1.807) is 13.8 Å². The van der Waals surface area contributed by atoms with E-state index in [1.807, 2.05) is 0 Å². The Labute approximate surface area is 201 Å². The minimum absolute atomic E-state index is 0.246. The van der Waals surface area contributed by atoms with Crippen molar-refractivity contribution in [2.24, 2.45) is 17.4 Å². The number of rotatable bonds is 17. The van der Waals surface area contributed by atoms with Crippen molar-refractivity contribution in [2.45, 2.75) is 76.5 Å². The molecule has 0 fully saturated rings. The molecular weight excluding hydrogens is 470 g/mol. The van der Waals surface area contributed by atoms with Crippen molar-refractivity contribution in [2.75, 3.05) is 0 Å². The number of carboxylic acid groups (broad SMARTS) is 3. The lowest BCUT2D eigenvalue weighted by Crippen LogP contribution is -2.57. The van der Waals surface area contributed by atoms with Crippen molar-refractivity contribution in [3.05, 3.63) is 0 Å². The number of hydrogen-bond donors (Lipinski definition) is 8. The van der Waals surface area contributed by atoms with E-state index in [1.165, 1.54) is 0 Å². The van der Waals surface area contributed by atoms with Gasteiger partial charge in [0.15, 0.2) is 0 Å². The number of nitrogens with one attached hydrogen (secondary N) is 3. The number of amides is 4. The van der Waals surface area contributed by atoms with Gasteiger partial charge in [-0.3, -0.25) is 28.8 Å². The minimum atomic E-state index is -1.47. The summed E-state index contributed by atoms with van der Waals surface area (Å²) in [4.78, 5) is 82.0. The number of primary amides is 1. The molecule has 0 bridgehead atoms. The first-order valence-electron chi connectivity index (χ1n) is 10.8. The highest BCUT2D eigenvalue weighted by atomic mass is 16.4. The van der Waals surface area contributed by atoms with E-state index < -0.39 is 90.9 Å². The first kappa shape index (κ1) is 31.2. The smallest absolute Gasteiger partial charge is 0.326 e. The van der Waals surface area contributed by atoms with Gasteiger partial charge in [-0.1, -0.05) is 13.8 Å². The summed E-state index contributed by atoms with van der Waals surface area (Å²) in [6, 6.07) is -5.51. The molecule has 198 valence electrons. The third-order valence-corrected chi connectivity index (χ3v) is 4.83. The van der Waals surface area contributed by atoms with Gasteiger partial charge >= 0.3 is 17.9 Å². The Morgan fingerprint density at radius 2 is 1.11 bits per heavy atom. The molecule has 0 aliphatic heterocycles. The van der Waals surface area contributed by atoms with E-state index in [0.717, 1.165) is 0 Å². The second kappa shape index (κ2) is 15.2. The number of aliphatic carboxylic acids is 3. The fourth-order valence-electron chi connectivity index (χ4n) is 2.82. The Bertz CT molecular complexity index is 816. The third kappa shape index (κ3) is 12.9. The molecule has 0 aliphatic rings. The summed E-state index contributed by atoms with van der Waals surface area (Å²) in [6.45, 7) is 3.09. The standard InChI is InChI=1S/C20H33N5O10/c1-9(2)16(20(34)35)25-19(33)11(4-6-13(22)26)24-18(32)12(5-8-15(29)30)23-17(31)10(21)3-7-14(27)28/h9-12,16H,3-8,21H2,1-2H3,(H2,22,26)(H,23,31)(H,24,32)(H,25,33)(H,27,28)(H,29,30)(H,34,35). The highest BCUT2D eigenvalue weighted by Gasteiger charge is 2.31. The van der Waals surface area contributed by atoms with Crippen LogP contribution < -0.4 is 27.4 Å². The number of nitrogens with two attached hydrogens (primary N) is 2. The number of hydrogen-bond acceptors (Lipinski definition) is 8. The number of carbonyl (C=O) groups excluding carboxylic acids is 4. The first-order valence-corrected chi connectivity index (χ1v) is 10.8. The van der Waals surface area contributed by atoms with E-state index in [2.05, 4.69) is 16.0 Å². The van der Waals surface area contributed by atoms with Crippen molar-refractivity contribution in [1.29, 1.82) is 0 Å². The molecule has 0 saturated heterocycles. The molecule has 0 heterocycles. The van der Waals surface area contributed by atoms with Gasteiger partial charge in [0, 0.05) is 19.3 Å². The lowest BCUT2D eigenvalue weighted by molar-refractivity contribution is -0.143. The predicted octanol–water partition coefficient (Wildman–Crippen LogP) is -2.50. The zero-order valence-corrected chi connectivity index (χ0v) is 19.5. The van der Waals surface area contributed by atoms with Crippen molar-refractivity contribution in [1.82, 2.24) is 16.0 Å². The zero-order valence-electron chi connectivity index (χ0n) is 19.5. The molecule has 0 spiro atoms. The monoisotopic (exact) mass is 503 g/mol. The molecule has 0 aromatic heterocycles. The second-order valence-electron chi connectivity index (χ2n) is 8.17. The first-order chi connectivity index (χ1) is 16.1. The largest absolute Gasteiger partial charge is 0.481 e. The highest BCUT2D eigenvalue weighted by Crippen LogP contribution is 2.07. The Hall–Kier alpha value is -3.75. The normalized spacial score (nSPS) is 14.2. The maximum absolute atomic E-state index is 12.8. The van der Waals surface area contributed by atoms with Crippen LogP contribution in [0.1, 0.15) is 52.4 Å². The van der Waals surface area contributed by atoms with Gasteiger partial charge in [0.25, 0.3) is 0 Å². The van der Waals surface area contributed by atoms with Gasteiger partial charge in [-0.05, 0) is 25.2 Å². The molecule has 4 unspecified atom stereocenters. The fraction of sp³-hybridized carbons (Fsp3) is 0.650. The van der Waals surface area contributed by atoms with Crippen molar-refractivity contribution in [3.63, 3.8) is 0 Å². The second-order valence-corrected chi connectivity index (χ2v) is 8.17. The Kier molecular flexibility index (Phi) is 13.6. The Morgan fingerprint density at radius 1 is 0.686 bits per heavy atom. The van der Waals surface area contributed by atoms with Gasteiger partial charge in [-0.15, -0.1) is 0 Å². The lowest BCUT2D eigenvalue weighted by Gasteiger charge is -2.25. The average molecular weight is 504 g/mol. The van der Waals surface area contributed by atoms with Crippen molar-refractivity contribution >= 4 is 41.5 Å². The van der Waals surface area contributed by atoms with Gasteiger partial charge in [0.2, 0.25) is 23.6 Å². The van der Waals surface area contributed by atoms with Gasteiger partial charge in [-0.2, -0.15) is 0 Å². The summed E-state index contributed by atoms with van der Waals surface area (Å²) < 4.78 is 0. The summed E-state index contributed by atoms with van der Waals surface area (Å²) in [5.41, 5.74) is 10.7. The van der Waals surface area contributed by atoms with Crippen LogP contribution in [-0.4, -0.2) is 81.0 Å². The lowest BCUT2D eigenvalue weighted by atomic mass is 10.0. The molecule has 0 saturated carbocycles. The van der Waals surface area contributed by atoms with E-state index in [9.17, 15) is 38.7 Å². The summed E-state index contributed by atoms with van der Waals surface area (Å²) in [5.74, 6) is -7.95. The molecule has 0 aliphatic carbocycles. The molecule has 4 atom stereocenters. The van der Waals surface area contributed by atoms with Crippen LogP contribution in [0.25, 0.3) is 0 Å². The predicted molar refractivity (Wildman–Crippen MR) is 118 cm³/mol. The van der Waals surface area contributed by atoms with Crippen LogP contribution in [0.15, 0.2) is 0 Å². The summed E-state index contributed by atoms with van der Waals surface area (Å²) in [6.07, 6.45) is -2.25. The van der Waals surface area contributed by atoms with E-state index >= 15 is 0 Å². The van der Waals surface area contributed by atoms with Gasteiger partial charge < -0.3 is 42.7 Å². The summed E-state index contributed by atoms with van der Waals surface area (Å²) in [5, 5.41) is 33.7. The topological polar surface area (TPSA) is 268 Å². The summed E-state index contributed by atoms with van der Waals surface area (Å²) >= 11 is 0. The third-order valence-electron chi connectivity index (χ3n) is 4.83. The van der Waals surface area contributed by atoms with Crippen LogP contribution in [0.2, 0.25) is 0 Å². The van der Waals surface area contributed by atoms with Gasteiger partial charge in [-0.25, -0.2) is 4.79 Å². The molecule has 35 heavy (non-hydrogen) atoms. The quantitative estimate of drug-likeness (QED) is 0.103. The van der Waals surface area contributed by atoms with Crippen LogP contribution in [0, 0.1) is 5.92 Å². The average Bonchev–Trinajstić information content (AvgIpc) is 2.74. The van der Waals surface area contributed by atoms with E-state index in [-0.39, 0.29) is 19.3 Å². The molecule has 15 heteroatoms. The van der Waals surface area contributed by atoms with Crippen molar-refractivity contribution in [3.8, 4) is 0 Å². The van der Waals surface area contributed by atoms with Crippen LogP contribution in [0.4, 0.5) is 0 Å². The molecule has 4 amide bonds. The number of carbonyl (C=O) groups is 7. The fourth-order valence-corrected chi connectivity index (χ4v) is 2.82. The van der Waals surface area contributed by atoms with E-state index in [4.69, 9.17) is 21.7 Å². The molecule has 0 aromatic rings. The van der Waals surface area contributed by atoms with Gasteiger partial charge in [0.05, 0.1) is 6.04 Å². The maximum atomic E-state index is 12.8. The van der Waals surface area contributed by atoms with Crippen LogP contribution in [-0.2, 0) is 33.6 Å². The molecular formula is C20H33N5O10. The highest BCUT2D eigenvalue weighted by molar-refractivity contribution is 5.94. The maximum Gasteiger partial charge on any atom is 0.326 e. The Balaban J connectivity index is 5.61. The molecule has 0 radical (unpaired) electrons. The minimum Gasteiger partial charge on any atom is -0.481 e. The molecule has 15 nitrogen and oxygen atoms in total. The summed E-state index contributed by atoms with van der Waals surface area (Å²) in [7, 11) is 0. The van der Waals surface area contributed by atoms with Gasteiger partial charge in [0.1, 0.15) is 18.1 Å². The van der Waals surface area contributed by atoms with Crippen molar-refractivity contribution < 1.29 is 48.9 Å². The number of carboxylic acids is 3. The van der Waals surface area contributed by atoms with E-state index in [0.29, 0.717) is 0 Å². The molecule has 0 rings (SSSR count). The SMILES string of the molecule is CC(C)C(NC(=O)C(CCC(N)=O)NC(=O)C(CCC(=O)O)NC(=O)C(N)CCC(=O)O)C(=O)O. The van der Waals surface area contributed by atoms with Crippen LogP contribution in [0.5, 0.6) is 0 Å². The van der Waals surface area contributed by atoms with Crippen LogP contribution >= 0.6 is 0 Å². The van der Waals surface area contributed by atoms with Crippen LogP contribution in [0.3, 0.4) is 0 Å². The Morgan fingerprint density at radius 3 is 1.54 bits per heavy atom. The zero-order chi connectivity index (χ0) is 27.3. The molecule has 10 N–H and O–H groups in total.